The molecule has 4 nitrogen and oxygen atoms in total. The molecule has 0 unspecified atom stereocenters. The van der Waals surface area contributed by atoms with Crippen molar-refractivity contribution >= 4 is 34.0 Å². The first-order valence-corrected chi connectivity index (χ1v) is 9.45. The number of rotatable bonds is 4. The molecular formula is C21H14ClN3OS. The SMILES string of the molecule is O=C(Nc1nnc(-c2ccc(Cl)cc2)s1)c1ccc(-c2ccccc2)cc1. The third-order valence-electron chi connectivity index (χ3n) is 3.99. The molecule has 3 aromatic carbocycles. The van der Waals surface area contributed by atoms with Crippen LogP contribution in [0.25, 0.3) is 21.7 Å². The maximum atomic E-state index is 12.5. The lowest BCUT2D eigenvalue weighted by Crippen LogP contribution is -2.11. The Morgan fingerprint density at radius 2 is 1.41 bits per heavy atom. The zero-order valence-electron chi connectivity index (χ0n) is 14.1. The standard InChI is InChI=1S/C21H14ClN3OS/c22-18-12-10-17(11-13-18)20-24-25-21(27-20)23-19(26)16-8-6-15(7-9-16)14-4-2-1-3-5-14/h1-13H,(H,23,25,26). The molecule has 0 bridgehead atoms. The van der Waals surface area contributed by atoms with Crippen molar-refractivity contribution < 1.29 is 4.79 Å². The molecule has 0 aliphatic rings. The first kappa shape index (κ1) is 17.4. The van der Waals surface area contributed by atoms with Gasteiger partial charge in [-0.2, -0.15) is 0 Å². The van der Waals surface area contributed by atoms with Crippen LogP contribution in [0.3, 0.4) is 0 Å². The summed E-state index contributed by atoms with van der Waals surface area (Å²) in [6, 6.07) is 24.8. The Bertz CT molecular complexity index is 1060. The summed E-state index contributed by atoms with van der Waals surface area (Å²) in [7, 11) is 0. The molecule has 0 saturated carbocycles. The van der Waals surface area contributed by atoms with Gasteiger partial charge >= 0.3 is 0 Å². The van der Waals surface area contributed by atoms with E-state index in [2.05, 4.69) is 15.5 Å². The van der Waals surface area contributed by atoms with E-state index in [0.29, 0.717) is 15.7 Å². The zero-order valence-corrected chi connectivity index (χ0v) is 15.7. The summed E-state index contributed by atoms with van der Waals surface area (Å²) in [5.41, 5.74) is 3.65. The number of nitrogens with zero attached hydrogens (tertiary/aromatic N) is 2. The molecule has 0 radical (unpaired) electrons. The molecule has 0 aliphatic carbocycles. The van der Waals surface area contributed by atoms with Crippen LogP contribution >= 0.6 is 22.9 Å². The number of anilines is 1. The fourth-order valence-corrected chi connectivity index (χ4v) is 3.47. The molecule has 4 aromatic rings. The van der Waals surface area contributed by atoms with Crippen LogP contribution in [0.4, 0.5) is 5.13 Å². The van der Waals surface area contributed by atoms with Crippen LogP contribution in [0, 0.1) is 0 Å². The van der Waals surface area contributed by atoms with Gasteiger partial charge in [0.1, 0.15) is 5.01 Å². The molecule has 6 heteroatoms. The molecule has 1 aromatic heterocycles. The van der Waals surface area contributed by atoms with E-state index < -0.39 is 0 Å². The van der Waals surface area contributed by atoms with E-state index in [1.54, 1.807) is 24.3 Å². The summed E-state index contributed by atoms with van der Waals surface area (Å²) in [5.74, 6) is -0.214. The maximum absolute atomic E-state index is 12.5. The van der Waals surface area contributed by atoms with Crippen LogP contribution < -0.4 is 5.32 Å². The molecular weight excluding hydrogens is 378 g/mol. The third-order valence-corrected chi connectivity index (χ3v) is 5.13. The van der Waals surface area contributed by atoms with Crippen molar-refractivity contribution in [2.75, 3.05) is 5.32 Å². The molecule has 1 heterocycles. The highest BCUT2D eigenvalue weighted by Gasteiger charge is 2.11. The minimum Gasteiger partial charge on any atom is -0.296 e. The average molecular weight is 392 g/mol. The fraction of sp³-hybridized carbons (Fsp3) is 0. The van der Waals surface area contributed by atoms with E-state index in [-0.39, 0.29) is 5.91 Å². The summed E-state index contributed by atoms with van der Waals surface area (Å²) < 4.78 is 0. The maximum Gasteiger partial charge on any atom is 0.257 e. The number of nitrogens with one attached hydrogen (secondary N) is 1. The summed E-state index contributed by atoms with van der Waals surface area (Å²) >= 11 is 7.22. The highest BCUT2D eigenvalue weighted by Crippen LogP contribution is 2.27. The Hall–Kier alpha value is -3.02. The van der Waals surface area contributed by atoms with Crippen LogP contribution in [-0.4, -0.2) is 16.1 Å². The van der Waals surface area contributed by atoms with Gasteiger partial charge in [0, 0.05) is 16.1 Å². The Morgan fingerprint density at radius 1 is 0.778 bits per heavy atom. The fourth-order valence-electron chi connectivity index (χ4n) is 2.60. The van der Waals surface area contributed by atoms with Crippen molar-refractivity contribution in [3.63, 3.8) is 0 Å². The monoisotopic (exact) mass is 391 g/mol. The molecule has 0 fully saturated rings. The predicted octanol–water partition coefficient (Wildman–Crippen LogP) is 5.78. The minimum absolute atomic E-state index is 0.214. The normalized spacial score (nSPS) is 10.6. The van der Waals surface area contributed by atoms with Gasteiger partial charge in [0.2, 0.25) is 5.13 Å². The Morgan fingerprint density at radius 3 is 2.11 bits per heavy atom. The number of amides is 1. The summed E-state index contributed by atoms with van der Waals surface area (Å²) in [6.07, 6.45) is 0. The number of carbonyl (C=O) groups is 1. The topological polar surface area (TPSA) is 54.9 Å². The van der Waals surface area contributed by atoms with Crippen LogP contribution in [0.5, 0.6) is 0 Å². The lowest BCUT2D eigenvalue weighted by Gasteiger charge is -2.04. The third kappa shape index (κ3) is 4.05. The van der Waals surface area contributed by atoms with Gasteiger partial charge in [-0.25, -0.2) is 0 Å². The first-order valence-electron chi connectivity index (χ1n) is 8.25. The van der Waals surface area contributed by atoms with E-state index in [9.17, 15) is 4.79 Å². The van der Waals surface area contributed by atoms with E-state index in [1.807, 2.05) is 54.6 Å². The molecule has 4 rings (SSSR count). The molecule has 1 amide bonds. The van der Waals surface area contributed by atoms with E-state index >= 15 is 0 Å². The highest BCUT2D eigenvalue weighted by atomic mass is 35.5. The molecule has 27 heavy (non-hydrogen) atoms. The number of hydrogen-bond acceptors (Lipinski definition) is 4. The van der Waals surface area contributed by atoms with Gasteiger partial charge in [-0.15, -0.1) is 10.2 Å². The van der Waals surface area contributed by atoms with Gasteiger partial charge in [0.05, 0.1) is 0 Å². The van der Waals surface area contributed by atoms with Gasteiger partial charge in [-0.1, -0.05) is 77.5 Å². The molecule has 0 spiro atoms. The van der Waals surface area contributed by atoms with Crippen LogP contribution in [0.2, 0.25) is 5.02 Å². The number of aromatic nitrogens is 2. The first-order chi connectivity index (χ1) is 13.2. The number of benzene rings is 3. The Balaban J connectivity index is 1.47. The second-order valence-electron chi connectivity index (χ2n) is 5.82. The van der Waals surface area contributed by atoms with E-state index in [0.717, 1.165) is 21.7 Å². The second kappa shape index (κ2) is 7.70. The van der Waals surface area contributed by atoms with E-state index in [4.69, 9.17) is 11.6 Å². The summed E-state index contributed by atoms with van der Waals surface area (Å²) in [6.45, 7) is 0. The van der Waals surface area contributed by atoms with Crippen LogP contribution in [0.15, 0.2) is 78.9 Å². The molecule has 1 N–H and O–H groups in total. The van der Waals surface area contributed by atoms with Crippen LogP contribution in [-0.2, 0) is 0 Å². The average Bonchev–Trinajstić information content (AvgIpc) is 3.18. The van der Waals surface area contributed by atoms with Crippen molar-refractivity contribution in [1.82, 2.24) is 10.2 Å². The smallest absolute Gasteiger partial charge is 0.257 e. The highest BCUT2D eigenvalue weighted by molar-refractivity contribution is 7.18. The summed E-state index contributed by atoms with van der Waals surface area (Å²) in [4.78, 5) is 12.5. The lowest BCUT2D eigenvalue weighted by molar-refractivity contribution is 0.102. The zero-order chi connectivity index (χ0) is 18.6. The van der Waals surface area contributed by atoms with Crippen LogP contribution in [0.1, 0.15) is 10.4 Å². The quantitative estimate of drug-likeness (QED) is 0.480. The molecule has 0 saturated heterocycles. The van der Waals surface area contributed by atoms with Gasteiger partial charge in [0.15, 0.2) is 0 Å². The number of hydrogen-bond donors (Lipinski definition) is 1. The molecule has 132 valence electrons. The summed E-state index contributed by atoms with van der Waals surface area (Å²) in [5, 5.41) is 12.8. The second-order valence-corrected chi connectivity index (χ2v) is 7.23. The lowest BCUT2D eigenvalue weighted by atomic mass is 10.0. The molecule has 0 atom stereocenters. The Labute approximate surface area is 165 Å². The van der Waals surface area contributed by atoms with Crippen molar-refractivity contribution in [3.8, 4) is 21.7 Å². The van der Waals surface area contributed by atoms with Crippen molar-refractivity contribution in [1.29, 1.82) is 0 Å². The van der Waals surface area contributed by atoms with Gasteiger partial charge < -0.3 is 0 Å². The minimum atomic E-state index is -0.214. The van der Waals surface area contributed by atoms with Crippen molar-refractivity contribution in [2.45, 2.75) is 0 Å². The van der Waals surface area contributed by atoms with Crippen molar-refractivity contribution in [2.24, 2.45) is 0 Å². The predicted molar refractivity (Wildman–Crippen MR) is 110 cm³/mol. The van der Waals surface area contributed by atoms with E-state index in [1.165, 1.54) is 11.3 Å². The Kier molecular flexibility index (Phi) is 4.96. The van der Waals surface area contributed by atoms with Crippen molar-refractivity contribution in [3.05, 3.63) is 89.4 Å². The number of carbonyl (C=O) groups excluding carboxylic acids is 1. The van der Waals surface area contributed by atoms with Gasteiger partial charge in [-0.3, -0.25) is 10.1 Å². The van der Waals surface area contributed by atoms with Gasteiger partial charge in [-0.05, 0) is 35.4 Å². The molecule has 0 aliphatic heterocycles. The number of halogens is 1. The van der Waals surface area contributed by atoms with Gasteiger partial charge in [0.25, 0.3) is 5.91 Å². The largest absolute Gasteiger partial charge is 0.296 e.